The van der Waals surface area contributed by atoms with Gasteiger partial charge < -0.3 is 15.8 Å². The fourth-order valence-corrected chi connectivity index (χ4v) is 2.51. The van der Waals surface area contributed by atoms with E-state index in [-0.39, 0.29) is 0 Å². The highest BCUT2D eigenvalue weighted by atomic mass is 79.9. The van der Waals surface area contributed by atoms with Crippen LogP contribution in [-0.2, 0) is 0 Å². The molecule has 0 unspecified atom stereocenters. The molecule has 2 aromatic carbocycles. The van der Waals surface area contributed by atoms with Crippen LogP contribution >= 0.6 is 15.9 Å². The number of anilines is 3. The lowest BCUT2D eigenvalue weighted by Crippen LogP contribution is -1.95. The summed E-state index contributed by atoms with van der Waals surface area (Å²) in [7, 11) is 1.64. The largest absolute Gasteiger partial charge is 0.495 e. The zero-order valence-electron chi connectivity index (χ0n) is 11.4. The van der Waals surface area contributed by atoms with E-state index in [0.717, 1.165) is 38.3 Å². The Hall–Kier alpha value is -2.27. The maximum atomic E-state index is 5.77. The highest BCUT2D eigenvalue weighted by Gasteiger charge is 2.03. The van der Waals surface area contributed by atoms with Crippen molar-refractivity contribution in [3.63, 3.8) is 0 Å². The number of nitrogens with zero attached hydrogens (tertiary/aromatic N) is 1. The molecular formula is C16H14BrN3O. The van der Waals surface area contributed by atoms with E-state index >= 15 is 0 Å². The molecule has 1 aromatic heterocycles. The minimum absolute atomic E-state index is 0.739. The summed E-state index contributed by atoms with van der Waals surface area (Å²) in [6, 6.07) is 15.4. The molecule has 0 aliphatic heterocycles. The highest BCUT2D eigenvalue weighted by Crippen LogP contribution is 2.29. The molecule has 0 atom stereocenters. The van der Waals surface area contributed by atoms with E-state index < -0.39 is 0 Å². The Bertz CT molecular complexity index is 805. The van der Waals surface area contributed by atoms with Crippen molar-refractivity contribution in [1.29, 1.82) is 0 Å². The third kappa shape index (κ3) is 2.92. The van der Waals surface area contributed by atoms with E-state index in [1.54, 1.807) is 7.11 Å². The van der Waals surface area contributed by atoms with Crippen molar-refractivity contribution < 1.29 is 4.74 Å². The number of halogens is 1. The third-order valence-electron chi connectivity index (χ3n) is 3.14. The van der Waals surface area contributed by atoms with Crippen molar-refractivity contribution in [3.8, 4) is 5.75 Å². The third-order valence-corrected chi connectivity index (χ3v) is 3.79. The number of pyridine rings is 1. The van der Waals surface area contributed by atoms with Gasteiger partial charge in [-0.2, -0.15) is 0 Å². The van der Waals surface area contributed by atoms with Crippen molar-refractivity contribution in [2.45, 2.75) is 0 Å². The van der Waals surface area contributed by atoms with Gasteiger partial charge in [0.05, 0.1) is 17.1 Å². The van der Waals surface area contributed by atoms with Crippen LogP contribution in [0.4, 0.5) is 17.2 Å². The summed E-state index contributed by atoms with van der Waals surface area (Å²) in [5, 5.41) is 4.29. The summed E-state index contributed by atoms with van der Waals surface area (Å²) in [5.74, 6) is 1.55. The average Bonchev–Trinajstić information content (AvgIpc) is 2.49. The molecule has 3 rings (SSSR count). The topological polar surface area (TPSA) is 60.2 Å². The lowest BCUT2D eigenvalue weighted by molar-refractivity contribution is 0.412. The van der Waals surface area contributed by atoms with Crippen LogP contribution < -0.4 is 15.8 Å². The molecule has 0 saturated carbocycles. The predicted molar refractivity (Wildman–Crippen MR) is 90.1 cm³/mol. The van der Waals surface area contributed by atoms with Crippen LogP contribution in [0, 0.1) is 0 Å². The van der Waals surface area contributed by atoms with Gasteiger partial charge in [0.25, 0.3) is 0 Å². The van der Waals surface area contributed by atoms with Gasteiger partial charge in [0.2, 0.25) is 0 Å². The normalized spacial score (nSPS) is 10.6. The maximum Gasteiger partial charge on any atom is 0.135 e. The maximum absolute atomic E-state index is 5.77. The number of ether oxygens (including phenoxy) is 1. The van der Waals surface area contributed by atoms with Crippen LogP contribution in [0.5, 0.6) is 5.75 Å². The molecule has 0 spiro atoms. The molecule has 3 aromatic rings. The average molecular weight is 344 g/mol. The molecule has 0 aliphatic carbocycles. The number of aromatic nitrogens is 1. The Morgan fingerprint density at radius 2 is 1.95 bits per heavy atom. The summed E-state index contributed by atoms with van der Waals surface area (Å²) in [6.45, 7) is 0. The van der Waals surface area contributed by atoms with Crippen molar-refractivity contribution in [2.24, 2.45) is 0 Å². The van der Waals surface area contributed by atoms with Crippen molar-refractivity contribution in [3.05, 3.63) is 53.0 Å². The Labute approximate surface area is 131 Å². The number of nitrogens with one attached hydrogen (secondary N) is 1. The van der Waals surface area contributed by atoms with Crippen LogP contribution in [0.15, 0.2) is 53.0 Å². The molecule has 0 aliphatic rings. The Balaban J connectivity index is 1.92. The van der Waals surface area contributed by atoms with Crippen LogP contribution in [0.3, 0.4) is 0 Å². The summed E-state index contributed by atoms with van der Waals surface area (Å²) >= 11 is 3.44. The fourth-order valence-electron chi connectivity index (χ4n) is 2.10. The van der Waals surface area contributed by atoms with Gasteiger partial charge in [0.1, 0.15) is 11.6 Å². The first-order valence-electron chi connectivity index (χ1n) is 6.42. The van der Waals surface area contributed by atoms with E-state index in [2.05, 4.69) is 26.2 Å². The molecular weight excluding hydrogens is 330 g/mol. The zero-order chi connectivity index (χ0) is 14.8. The standard InChI is InChI=1S/C16H14BrN3O/c1-21-15-9-12(4-5-13(15)17)19-16-7-2-10-8-11(18)3-6-14(10)20-16/h2-9H,18H2,1H3,(H,19,20). The fraction of sp³-hybridized carbons (Fsp3) is 0.0625. The van der Waals surface area contributed by atoms with Gasteiger partial charge in [-0.05, 0) is 58.4 Å². The number of fused-ring (bicyclic) bond motifs is 1. The summed E-state index contributed by atoms with van der Waals surface area (Å²) in [6.07, 6.45) is 0. The Morgan fingerprint density at radius 3 is 2.76 bits per heavy atom. The van der Waals surface area contributed by atoms with Gasteiger partial charge in [0, 0.05) is 22.8 Å². The number of hydrogen-bond donors (Lipinski definition) is 2. The van der Waals surface area contributed by atoms with E-state index in [1.165, 1.54) is 0 Å². The van der Waals surface area contributed by atoms with Gasteiger partial charge in [-0.3, -0.25) is 0 Å². The molecule has 1 heterocycles. The second-order valence-corrected chi connectivity index (χ2v) is 5.48. The quantitative estimate of drug-likeness (QED) is 0.694. The molecule has 0 bridgehead atoms. The van der Waals surface area contributed by atoms with Crippen LogP contribution in [0.1, 0.15) is 0 Å². The molecule has 21 heavy (non-hydrogen) atoms. The first-order chi connectivity index (χ1) is 10.2. The number of nitrogens with two attached hydrogens (primary N) is 1. The minimum atomic E-state index is 0.739. The van der Waals surface area contributed by atoms with E-state index in [1.807, 2.05) is 48.5 Å². The summed E-state index contributed by atoms with van der Waals surface area (Å²) < 4.78 is 6.20. The molecule has 4 nitrogen and oxygen atoms in total. The van der Waals surface area contributed by atoms with Crippen molar-refractivity contribution in [2.75, 3.05) is 18.2 Å². The SMILES string of the molecule is COc1cc(Nc2ccc3cc(N)ccc3n2)ccc1Br. The first kappa shape index (κ1) is 13.7. The Kier molecular flexibility index (Phi) is 3.66. The van der Waals surface area contributed by atoms with E-state index in [9.17, 15) is 0 Å². The second-order valence-electron chi connectivity index (χ2n) is 4.62. The van der Waals surface area contributed by atoms with Gasteiger partial charge in [0.15, 0.2) is 0 Å². The van der Waals surface area contributed by atoms with Crippen LogP contribution in [-0.4, -0.2) is 12.1 Å². The molecule has 3 N–H and O–H groups in total. The summed E-state index contributed by atoms with van der Waals surface area (Å²) in [5.41, 5.74) is 8.32. The monoisotopic (exact) mass is 343 g/mol. The lowest BCUT2D eigenvalue weighted by atomic mass is 10.2. The van der Waals surface area contributed by atoms with Crippen molar-refractivity contribution in [1.82, 2.24) is 4.98 Å². The smallest absolute Gasteiger partial charge is 0.135 e. The molecule has 0 saturated heterocycles. The van der Waals surface area contributed by atoms with Gasteiger partial charge in [-0.25, -0.2) is 4.98 Å². The number of hydrogen-bond acceptors (Lipinski definition) is 4. The number of benzene rings is 2. The highest BCUT2D eigenvalue weighted by molar-refractivity contribution is 9.10. The molecule has 0 radical (unpaired) electrons. The van der Waals surface area contributed by atoms with E-state index in [0.29, 0.717) is 0 Å². The van der Waals surface area contributed by atoms with E-state index in [4.69, 9.17) is 10.5 Å². The van der Waals surface area contributed by atoms with Gasteiger partial charge in [-0.15, -0.1) is 0 Å². The van der Waals surface area contributed by atoms with Crippen molar-refractivity contribution >= 4 is 44.0 Å². The molecule has 5 heteroatoms. The zero-order valence-corrected chi connectivity index (χ0v) is 13.0. The molecule has 0 fully saturated rings. The number of rotatable bonds is 3. The van der Waals surface area contributed by atoms with Gasteiger partial charge in [-0.1, -0.05) is 0 Å². The minimum Gasteiger partial charge on any atom is -0.495 e. The number of nitrogen functional groups attached to an aromatic ring is 1. The molecule has 0 amide bonds. The number of methoxy groups -OCH3 is 1. The van der Waals surface area contributed by atoms with Crippen LogP contribution in [0.2, 0.25) is 0 Å². The summed E-state index contributed by atoms with van der Waals surface area (Å²) in [4.78, 5) is 4.57. The molecule has 106 valence electrons. The lowest BCUT2D eigenvalue weighted by Gasteiger charge is -2.09. The predicted octanol–water partition coefficient (Wildman–Crippen LogP) is 4.33. The Morgan fingerprint density at radius 1 is 1.10 bits per heavy atom. The van der Waals surface area contributed by atoms with Crippen LogP contribution in [0.25, 0.3) is 10.9 Å². The van der Waals surface area contributed by atoms with Gasteiger partial charge >= 0.3 is 0 Å². The first-order valence-corrected chi connectivity index (χ1v) is 7.22. The second kappa shape index (κ2) is 5.61.